The average Bonchev–Trinajstić information content (AvgIpc) is 2.07. The van der Waals surface area contributed by atoms with Gasteiger partial charge in [-0.05, 0) is 24.1 Å². The minimum Gasteiger partial charge on any atom is -0.316 e. The van der Waals surface area contributed by atoms with E-state index in [1.807, 2.05) is 0 Å². The number of nitrogens with two attached hydrogens (primary N) is 1. The fourth-order valence-electron chi connectivity index (χ4n) is 1.14. The van der Waals surface area contributed by atoms with Gasteiger partial charge in [-0.3, -0.25) is 0 Å². The smallest absolute Gasteiger partial charge is 0.316 e. The topological polar surface area (TPSA) is 26.0 Å². The van der Waals surface area contributed by atoms with Gasteiger partial charge in [-0.15, -0.1) is 0 Å². The van der Waals surface area contributed by atoms with Crippen LogP contribution in [0.15, 0.2) is 22.7 Å². The Bertz CT molecular complexity index is 335. The quantitative estimate of drug-likeness (QED) is 0.830. The molecule has 0 aromatic heterocycles. The van der Waals surface area contributed by atoms with Crippen LogP contribution in [0.5, 0.6) is 0 Å². The molecule has 0 saturated heterocycles. The Morgan fingerprint density at radius 2 is 1.93 bits per heavy atom. The van der Waals surface area contributed by atoms with Crippen molar-refractivity contribution in [3.8, 4) is 0 Å². The van der Waals surface area contributed by atoms with Gasteiger partial charge in [0.05, 0.1) is 0 Å². The van der Waals surface area contributed by atoms with Crippen LogP contribution in [0.25, 0.3) is 0 Å². The van der Waals surface area contributed by atoms with Gasteiger partial charge in [-0.2, -0.15) is 13.2 Å². The molecule has 0 saturated carbocycles. The van der Waals surface area contributed by atoms with Gasteiger partial charge >= 0.3 is 6.18 Å². The van der Waals surface area contributed by atoms with E-state index >= 15 is 0 Å². The predicted octanol–water partition coefficient (Wildman–Crippen LogP) is 3.32. The highest BCUT2D eigenvalue weighted by Crippen LogP contribution is 2.33. The van der Waals surface area contributed by atoms with Crippen molar-refractivity contribution >= 4 is 15.9 Å². The maximum Gasteiger partial charge on any atom is 0.407 e. The lowest BCUT2D eigenvalue weighted by Gasteiger charge is -2.18. The van der Waals surface area contributed by atoms with E-state index in [4.69, 9.17) is 5.73 Å². The van der Waals surface area contributed by atoms with Gasteiger partial charge in [0.2, 0.25) is 0 Å². The molecule has 0 aliphatic heterocycles. The Hall–Kier alpha value is -0.550. The molecule has 2 N–H and O–H groups in total. The van der Waals surface area contributed by atoms with Gasteiger partial charge in [-0.1, -0.05) is 28.1 Å². The van der Waals surface area contributed by atoms with Crippen molar-refractivity contribution < 1.29 is 13.2 Å². The van der Waals surface area contributed by atoms with Crippen molar-refractivity contribution in [3.05, 3.63) is 33.8 Å². The van der Waals surface area contributed by atoms with Crippen LogP contribution in [0.3, 0.4) is 0 Å². The van der Waals surface area contributed by atoms with Crippen LogP contribution in [0.4, 0.5) is 13.2 Å². The highest BCUT2D eigenvalue weighted by molar-refractivity contribution is 9.10. The van der Waals surface area contributed by atoms with Crippen LogP contribution < -0.4 is 5.73 Å². The van der Waals surface area contributed by atoms with Crippen molar-refractivity contribution in [3.63, 3.8) is 0 Å². The van der Waals surface area contributed by atoms with Gasteiger partial charge in [0.15, 0.2) is 0 Å². The predicted molar refractivity (Wildman–Crippen MR) is 51.9 cm³/mol. The van der Waals surface area contributed by atoms with Crippen molar-refractivity contribution in [2.45, 2.75) is 19.1 Å². The fraction of sp³-hybridized carbons (Fsp3) is 0.333. The zero-order chi connectivity index (χ0) is 10.9. The first-order valence-corrected chi connectivity index (χ1v) is 4.70. The molecule has 0 radical (unpaired) electrons. The Labute approximate surface area is 88.2 Å². The number of halogens is 4. The zero-order valence-corrected chi connectivity index (χ0v) is 8.98. The molecule has 0 bridgehead atoms. The summed E-state index contributed by atoms with van der Waals surface area (Å²) in [5, 5.41) is 0. The molecule has 5 heteroatoms. The van der Waals surface area contributed by atoms with Gasteiger partial charge in [0.1, 0.15) is 6.04 Å². The largest absolute Gasteiger partial charge is 0.407 e. The molecular formula is C9H9BrF3N. The summed E-state index contributed by atoms with van der Waals surface area (Å²) >= 11 is 3.16. The molecule has 1 nitrogen and oxygen atoms in total. The monoisotopic (exact) mass is 267 g/mol. The standard InChI is InChI=1S/C9H9BrF3N/c1-5-6(3-2-4-7(5)10)8(14)9(11,12)13/h2-4,8H,14H2,1H3. The summed E-state index contributed by atoms with van der Waals surface area (Å²) in [7, 11) is 0. The van der Waals surface area contributed by atoms with Crippen molar-refractivity contribution in [2.24, 2.45) is 5.73 Å². The second-order valence-electron chi connectivity index (χ2n) is 2.97. The summed E-state index contributed by atoms with van der Waals surface area (Å²) < 4.78 is 37.6. The molecule has 0 heterocycles. The van der Waals surface area contributed by atoms with Crippen LogP contribution in [0.1, 0.15) is 17.2 Å². The van der Waals surface area contributed by atoms with E-state index in [2.05, 4.69) is 15.9 Å². The minimum absolute atomic E-state index is 0.104. The van der Waals surface area contributed by atoms with E-state index in [0.29, 0.717) is 10.0 Å². The third-order valence-electron chi connectivity index (χ3n) is 2.00. The summed E-state index contributed by atoms with van der Waals surface area (Å²) in [5.74, 6) is 0. The summed E-state index contributed by atoms with van der Waals surface area (Å²) in [6.07, 6.45) is -4.40. The first kappa shape index (κ1) is 11.5. The molecule has 14 heavy (non-hydrogen) atoms. The highest BCUT2D eigenvalue weighted by Gasteiger charge is 2.38. The normalized spacial score (nSPS) is 14.1. The Morgan fingerprint density at radius 3 is 2.43 bits per heavy atom. The second kappa shape index (κ2) is 3.90. The maximum absolute atomic E-state index is 12.3. The summed E-state index contributed by atoms with van der Waals surface area (Å²) in [6, 6.07) is 2.69. The Kier molecular flexibility index (Phi) is 3.21. The van der Waals surface area contributed by atoms with E-state index in [0.717, 1.165) is 0 Å². The SMILES string of the molecule is Cc1c(Br)cccc1C(N)C(F)(F)F. The number of benzene rings is 1. The molecule has 1 unspecified atom stereocenters. The van der Waals surface area contributed by atoms with Gasteiger partial charge in [-0.25, -0.2) is 0 Å². The first-order chi connectivity index (χ1) is 6.34. The number of rotatable bonds is 1. The fourth-order valence-corrected chi connectivity index (χ4v) is 1.52. The lowest BCUT2D eigenvalue weighted by atomic mass is 10.0. The molecule has 1 aromatic rings. The van der Waals surface area contributed by atoms with Crippen LogP contribution in [0, 0.1) is 6.92 Å². The summed E-state index contributed by atoms with van der Waals surface area (Å²) in [4.78, 5) is 0. The Balaban J connectivity index is 3.14. The average molecular weight is 268 g/mol. The molecule has 0 fully saturated rings. The highest BCUT2D eigenvalue weighted by atomic mass is 79.9. The second-order valence-corrected chi connectivity index (χ2v) is 3.83. The lowest BCUT2D eigenvalue weighted by molar-refractivity contribution is -0.149. The Morgan fingerprint density at radius 1 is 1.36 bits per heavy atom. The molecule has 0 aliphatic carbocycles. The summed E-state index contributed by atoms with van der Waals surface area (Å²) in [5.41, 5.74) is 5.72. The zero-order valence-electron chi connectivity index (χ0n) is 7.40. The van der Waals surface area contributed by atoms with Gasteiger partial charge < -0.3 is 5.73 Å². The first-order valence-electron chi connectivity index (χ1n) is 3.91. The third-order valence-corrected chi connectivity index (χ3v) is 2.86. The third kappa shape index (κ3) is 2.27. The number of alkyl halides is 3. The van der Waals surface area contributed by atoms with E-state index in [1.54, 1.807) is 13.0 Å². The van der Waals surface area contributed by atoms with E-state index in [1.165, 1.54) is 12.1 Å². The van der Waals surface area contributed by atoms with Crippen LogP contribution >= 0.6 is 15.9 Å². The number of hydrogen-bond acceptors (Lipinski definition) is 1. The summed E-state index contributed by atoms with van der Waals surface area (Å²) in [6.45, 7) is 1.60. The molecule has 1 rings (SSSR count). The molecule has 0 amide bonds. The van der Waals surface area contributed by atoms with Crippen LogP contribution in [-0.4, -0.2) is 6.18 Å². The van der Waals surface area contributed by atoms with Crippen molar-refractivity contribution in [1.82, 2.24) is 0 Å². The van der Waals surface area contributed by atoms with Gasteiger partial charge in [0, 0.05) is 4.47 Å². The van der Waals surface area contributed by atoms with Crippen LogP contribution in [-0.2, 0) is 0 Å². The van der Waals surface area contributed by atoms with E-state index in [9.17, 15) is 13.2 Å². The van der Waals surface area contributed by atoms with Crippen molar-refractivity contribution in [1.29, 1.82) is 0 Å². The molecule has 78 valence electrons. The number of hydrogen-bond donors (Lipinski definition) is 1. The minimum atomic E-state index is -4.40. The van der Waals surface area contributed by atoms with E-state index in [-0.39, 0.29) is 5.56 Å². The van der Waals surface area contributed by atoms with Crippen LogP contribution in [0.2, 0.25) is 0 Å². The molecule has 0 spiro atoms. The molecule has 1 atom stereocenters. The van der Waals surface area contributed by atoms with Gasteiger partial charge in [0.25, 0.3) is 0 Å². The maximum atomic E-state index is 12.3. The van der Waals surface area contributed by atoms with Crippen molar-refractivity contribution in [2.75, 3.05) is 0 Å². The molecule has 0 aliphatic rings. The molecular weight excluding hydrogens is 259 g/mol. The van der Waals surface area contributed by atoms with E-state index < -0.39 is 12.2 Å². The lowest BCUT2D eigenvalue weighted by Crippen LogP contribution is -2.29. The molecule has 1 aromatic carbocycles.